The minimum absolute atomic E-state index is 0.386. The fourth-order valence-electron chi connectivity index (χ4n) is 1.84. The molecule has 0 saturated heterocycles. The highest BCUT2D eigenvalue weighted by Crippen LogP contribution is 2.18. The van der Waals surface area contributed by atoms with Gasteiger partial charge in [-0.2, -0.15) is 0 Å². The first-order chi connectivity index (χ1) is 8.50. The largest absolute Gasteiger partial charge is 0.480 e. The molecular formula is C13H14N2O3. The van der Waals surface area contributed by atoms with Crippen molar-refractivity contribution in [3.63, 3.8) is 0 Å². The maximum Gasteiger partial charge on any atom is 0.325 e. The second-order valence-electron chi connectivity index (χ2n) is 4.18. The highest BCUT2D eigenvalue weighted by Gasteiger charge is 2.18. The summed E-state index contributed by atoms with van der Waals surface area (Å²) in [5, 5.41) is 12.2. The summed E-state index contributed by atoms with van der Waals surface area (Å²) in [5.74, 6) is -1.44. The molecule has 94 valence electrons. The first kappa shape index (κ1) is 12.2. The lowest BCUT2D eigenvalue weighted by molar-refractivity contribution is -0.138. The van der Waals surface area contributed by atoms with Gasteiger partial charge in [0.15, 0.2) is 0 Å². The lowest BCUT2D eigenvalue weighted by atomic mass is 10.2. The van der Waals surface area contributed by atoms with Crippen LogP contribution in [0.4, 0.5) is 0 Å². The van der Waals surface area contributed by atoms with Crippen molar-refractivity contribution in [1.29, 1.82) is 0 Å². The van der Waals surface area contributed by atoms with Gasteiger partial charge in [0.2, 0.25) is 0 Å². The molecule has 18 heavy (non-hydrogen) atoms. The third-order valence-corrected chi connectivity index (χ3v) is 2.90. The van der Waals surface area contributed by atoms with Crippen LogP contribution in [0.1, 0.15) is 17.4 Å². The van der Waals surface area contributed by atoms with Crippen molar-refractivity contribution in [2.45, 2.75) is 13.0 Å². The van der Waals surface area contributed by atoms with Gasteiger partial charge in [0, 0.05) is 18.0 Å². The number of carboxylic acid groups (broad SMARTS) is 1. The van der Waals surface area contributed by atoms with Crippen molar-refractivity contribution < 1.29 is 14.7 Å². The average molecular weight is 246 g/mol. The maximum atomic E-state index is 12.0. The number of hydrogen-bond acceptors (Lipinski definition) is 2. The molecule has 2 aromatic rings. The Morgan fingerprint density at radius 2 is 2.00 bits per heavy atom. The number of nitrogens with zero attached hydrogens (tertiary/aromatic N) is 1. The van der Waals surface area contributed by atoms with Crippen LogP contribution in [-0.4, -0.2) is 27.6 Å². The van der Waals surface area contributed by atoms with Crippen molar-refractivity contribution in [2.75, 3.05) is 0 Å². The van der Waals surface area contributed by atoms with Crippen LogP contribution in [0.25, 0.3) is 10.9 Å². The number of aromatic nitrogens is 1. The van der Waals surface area contributed by atoms with Gasteiger partial charge in [-0.15, -0.1) is 0 Å². The molecule has 1 atom stereocenters. The van der Waals surface area contributed by atoms with Gasteiger partial charge in [-0.1, -0.05) is 18.2 Å². The molecule has 2 N–H and O–H groups in total. The monoisotopic (exact) mass is 246 g/mol. The smallest absolute Gasteiger partial charge is 0.325 e. The molecule has 2 rings (SSSR count). The SMILES string of the molecule is CC(NC(=O)c1cc2ccccc2n1C)C(=O)O. The van der Waals surface area contributed by atoms with Crippen LogP contribution in [0.3, 0.4) is 0 Å². The van der Waals surface area contributed by atoms with Crippen LogP contribution >= 0.6 is 0 Å². The van der Waals surface area contributed by atoms with E-state index in [0.29, 0.717) is 5.69 Å². The third kappa shape index (κ3) is 2.07. The van der Waals surface area contributed by atoms with E-state index in [2.05, 4.69) is 5.32 Å². The Morgan fingerprint density at radius 3 is 2.61 bits per heavy atom. The van der Waals surface area contributed by atoms with E-state index >= 15 is 0 Å². The zero-order valence-electron chi connectivity index (χ0n) is 10.2. The highest BCUT2D eigenvalue weighted by atomic mass is 16.4. The second kappa shape index (κ2) is 4.52. The Morgan fingerprint density at radius 1 is 1.33 bits per heavy atom. The van der Waals surface area contributed by atoms with Crippen LogP contribution in [0.2, 0.25) is 0 Å². The minimum Gasteiger partial charge on any atom is -0.480 e. The number of carbonyl (C=O) groups excluding carboxylic acids is 1. The molecule has 0 fully saturated rings. The maximum absolute atomic E-state index is 12.0. The Labute approximate surface area is 104 Å². The van der Waals surface area contributed by atoms with Crippen LogP contribution < -0.4 is 5.32 Å². The number of fused-ring (bicyclic) bond motifs is 1. The van der Waals surface area contributed by atoms with Crippen molar-refractivity contribution >= 4 is 22.8 Å². The van der Waals surface area contributed by atoms with E-state index in [0.717, 1.165) is 10.9 Å². The summed E-state index contributed by atoms with van der Waals surface area (Å²) in [6.45, 7) is 1.43. The summed E-state index contributed by atoms with van der Waals surface area (Å²) in [6.07, 6.45) is 0. The van der Waals surface area contributed by atoms with Crippen molar-refractivity contribution in [3.8, 4) is 0 Å². The highest BCUT2D eigenvalue weighted by molar-refractivity contribution is 6.00. The van der Waals surface area contributed by atoms with Crippen LogP contribution in [0, 0.1) is 0 Å². The number of para-hydroxylation sites is 1. The molecule has 0 aliphatic heterocycles. The predicted octanol–water partition coefficient (Wildman–Crippen LogP) is 1.38. The van der Waals surface area contributed by atoms with Gasteiger partial charge in [-0.05, 0) is 19.1 Å². The predicted molar refractivity (Wildman–Crippen MR) is 67.5 cm³/mol. The first-order valence-corrected chi connectivity index (χ1v) is 5.59. The number of carbonyl (C=O) groups is 2. The normalized spacial score (nSPS) is 12.3. The molecule has 1 heterocycles. The van der Waals surface area contributed by atoms with Gasteiger partial charge >= 0.3 is 5.97 Å². The standard InChI is InChI=1S/C13H14N2O3/c1-8(13(17)18)14-12(16)11-7-9-5-3-4-6-10(9)15(11)2/h3-8H,1-2H3,(H,14,16)(H,17,18). The summed E-state index contributed by atoms with van der Waals surface area (Å²) in [7, 11) is 1.78. The lowest BCUT2D eigenvalue weighted by Gasteiger charge is -2.09. The molecule has 1 aromatic carbocycles. The molecule has 1 amide bonds. The first-order valence-electron chi connectivity index (χ1n) is 5.59. The minimum atomic E-state index is -1.05. The molecular weight excluding hydrogens is 232 g/mol. The van der Waals surface area contributed by atoms with Gasteiger partial charge in [0.05, 0.1) is 0 Å². The van der Waals surface area contributed by atoms with Gasteiger partial charge in [0.1, 0.15) is 11.7 Å². The Hall–Kier alpha value is -2.30. The van der Waals surface area contributed by atoms with Gasteiger partial charge in [0.25, 0.3) is 5.91 Å². The van der Waals surface area contributed by atoms with Gasteiger partial charge < -0.3 is 15.0 Å². The van der Waals surface area contributed by atoms with E-state index < -0.39 is 12.0 Å². The molecule has 5 heteroatoms. The molecule has 1 aromatic heterocycles. The molecule has 0 bridgehead atoms. The second-order valence-corrected chi connectivity index (χ2v) is 4.18. The number of aliphatic carboxylic acids is 1. The van der Waals surface area contributed by atoms with Crippen LogP contribution in [0.5, 0.6) is 0 Å². The zero-order chi connectivity index (χ0) is 13.3. The summed E-state index contributed by atoms with van der Waals surface area (Å²) < 4.78 is 1.75. The Bertz CT molecular complexity index is 616. The van der Waals surface area contributed by atoms with E-state index in [9.17, 15) is 9.59 Å². The number of hydrogen-bond donors (Lipinski definition) is 2. The number of rotatable bonds is 3. The fraction of sp³-hybridized carbons (Fsp3) is 0.231. The summed E-state index contributed by atoms with van der Waals surface area (Å²) in [4.78, 5) is 22.7. The molecule has 0 saturated carbocycles. The molecule has 1 unspecified atom stereocenters. The summed E-state index contributed by atoms with van der Waals surface area (Å²) in [5.41, 5.74) is 1.38. The van der Waals surface area contributed by atoms with Gasteiger partial charge in [-0.25, -0.2) is 0 Å². The average Bonchev–Trinajstić information content (AvgIpc) is 2.67. The Balaban J connectivity index is 2.34. The molecule has 0 aliphatic carbocycles. The third-order valence-electron chi connectivity index (χ3n) is 2.90. The lowest BCUT2D eigenvalue weighted by Crippen LogP contribution is -2.39. The van der Waals surface area contributed by atoms with E-state index in [-0.39, 0.29) is 5.91 Å². The number of aryl methyl sites for hydroxylation is 1. The molecule has 0 spiro atoms. The summed E-state index contributed by atoms with van der Waals surface area (Å²) >= 11 is 0. The number of benzene rings is 1. The van der Waals surface area contributed by atoms with Gasteiger partial charge in [-0.3, -0.25) is 9.59 Å². The Kier molecular flexibility index (Phi) is 3.06. The van der Waals surface area contributed by atoms with Crippen molar-refractivity contribution in [2.24, 2.45) is 7.05 Å². The number of carboxylic acids is 1. The molecule has 0 aliphatic rings. The number of nitrogens with one attached hydrogen (secondary N) is 1. The van der Waals surface area contributed by atoms with Crippen molar-refractivity contribution in [3.05, 3.63) is 36.0 Å². The topological polar surface area (TPSA) is 71.3 Å². The quantitative estimate of drug-likeness (QED) is 0.859. The molecule has 5 nitrogen and oxygen atoms in total. The van der Waals surface area contributed by atoms with Crippen molar-refractivity contribution in [1.82, 2.24) is 9.88 Å². The van der Waals surface area contributed by atoms with E-state index in [4.69, 9.17) is 5.11 Å². The fourth-order valence-corrected chi connectivity index (χ4v) is 1.84. The molecule has 0 radical (unpaired) electrons. The summed E-state index contributed by atoms with van der Waals surface area (Å²) in [6, 6.07) is 8.45. The number of amides is 1. The van der Waals surface area contributed by atoms with E-state index in [1.165, 1.54) is 6.92 Å². The van der Waals surface area contributed by atoms with Crippen LogP contribution in [0.15, 0.2) is 30.3 Å². The van der Waals surface area contributed by atoms with E-state index in [1.807, 2.05) is 24.3 Å². The zero-order valence-corrected chi connectivity index (χ0v) is 10.2. The van der Waals surface area contributed by atoms with E-state index in [1.54, 1.807) is 17.7 Å². The van der Waals surface area contributed by atoms with Crippen LogP contribution in [-0.2, 0) is 11.8 Å².